The highest BCUT2D eigenvalue weighted by Crippen LogP contribution is 2.39. The summed E-state index contributed by atoms with van der Waals surface area (Å²) in [5, 5.41) is 4.24. The second kappa shape index (κ2) is 10.8. The van der Waals surface area contributed by atoms with E-state index in [-0.39, 0.29) is 23.7 Å². The topological polar surface area (TPSA) is 104 Å². The molecule has 2 aliphatic heterocycles. The molecule has 4 heterocycles. The van der Waals surface area contributed by atoms with E-state index in [1.165, 1.54) is 36.7 Å². The van der Waals surface area contributed by atoms with Crippen LogP contribution in [-0.4, -0.2) is 70.4 Å². The monoisotopic (exact) mass is 567 g/mol. The quantitative estimate of drug-likeness (QED) is 0.282. The van der Waals surface area contributed by atoms with Crippen molar-refractivity contribution in [2.45, 2.75) is 18.9 Å². The smallest absolute Gasteiger partial charge is 0.262 e. The Labute approximate surface area is 241 Å². The van der Waals surface area contributed by atoms with Crippen molar-refractivity contribution in [3.05, 3.63) is 71.4 Å². The Morgan fingerprint density at radius 2 is 1.76 bits per heavy atom. The van der Waals surface area contributed by atoms with E-state index in [9.17, 15) is 14.4 Å². The summed E-state index contributed by atoms with van der Waals surface area (Å²) in [6.45, 7) is 6.90. The third-order valence-corrected chi connectivity index (χ3v) is 8.31. The molecular weight excluding hydrogens is 538 g/mol. The van der Waals surface area contributed by atoms with E-state index in [1.807, 2.05) is 48.5 Å². The summed E-state index contributed by atoms with van der Waals surface area (Å²) < 4.78 is 1.57. The largest absolute Gasteiger partial charge is 0.369 e. The highest BCUT2D eigenvalue weighted by atomic mass is 32.2. The second-order valence-corrected chi connectivity index (χ2v) is 11.1. The van der Waals surface area contributed by atoms with Crippen molar-refractivity contribution < 1.29 is 14.4 Å². The van der Waals surface area contributed by atoms with Gasteiger partial charge in [-0.2, -0.15) is 0 Å². The number of fused-ring (bicyclic) bond motifs is 2. The molecule has 2 aromatic carbocycles. The third kappa shape index (κ3) is 5.21. The molecule has 2 amide bonds. The zero-order valence-electron chi connectivity index (χ0n) is 23.0. The highest BCUT2D eigenvalue weighted by molar-refractivity contribution is 8.04. The van der Waals surface area contributed by atoms with Gasteiger partial charge in [0.05, 0.1) is 28.0 Å². The van der Waals surface area contributed by atoms with Gasteiger partial charge in [-0.05, 0) is 43.5 Å². The minimum Gasteiger partial charge on any atom is -0.369 e. The molecule has 41 heavy (non-hydrogen) atoms. The van der Waals surface area contributed by atoms with Crippen molar-refractivity contribution in [3.63, 3.8) is 0 Å². The average molecular weight is 568 g/mol. The summed E-state index contributed by atoms with van der Waals surface area (Å²) in [7, 11) is 2.12. The summed E-state index contributed by atoms with van der Waals surface area (Å²) in [5.41, 5.74) is 3.76. The molecule has 0 radical (unpaired) electrons. The normalized spacial score (nSPS) is 16.5. The summed E-state index contributed by atoms with van der Waals surface area (Å²) in [6, 6.07) is 15.4. The molecule has 0 aliphatic carbocycles. The summed E-state index contributed by atoms with van der Waals surface area (Å²) in [6.07, 6.45) is 5.01. The lowest BCUT2D eigenvalue weighted by Gasteiger charge is -2.34. The summed E-state index contributed by atoms with van der Waals surface area (Å²) >= 11 is 1.20. The third-order valence-electron chi connectivity index (χ3n) is 7.28. The van der Waals surface area contributed by atoms with Crippen molar-refractivity contribution in [2.75, 3.05) is 48.3 Å². The first kappa shape index (κ1) is 26.7. The number of piperazine rings is 1. The van der Waals surface area contributed by atoms with E-state index in [0.29, 0.717) is 21.3 Å². The molecule has 0 spiro atoms. The number of rotatable bonds is 4. The Balaban J connectivity index is 1.30. The minimum atomic E-state index is -0.290. The van der Waals surface area contributed by atoms with Crippen molar-refractivity contribution in [1.29, 1.82) is 0 Å². The Hall–Kier alpha value is -4.48. The first-order chi connectivity index (χ1) is 19.8. The van der Waals surface area contributed by atoms with Gasteiger partial charge in [-0.25, -0.2) is 14.9 Å². The van der Waals surface area contributed by atoms with Gasteiger partial charge < -0.3 is 15.1 Å². The standard InChI is InChI=1S/C30H29N7O3S/c1-19(38)36-18-21(24-6-4-5-7-26(24)36)16-27-28(40)32-25-17-31-30(33-29(25)41-27)37(20(2)39)23-10-8-22(9-11-23)35-14-12-34(3)13-15-35/h4-11,16-18H,12-15H2,1-3H3,(H,32,40)/b27-16+. The Bertz CT molecular complexity index is 1710. The van der Waals surface area contributed by atoms with Crippen molar-refractivity contribution in [3.8, 4) is 0 Å². The lowest BCUT2D eigenvalue weighted by molar-refractivity contribution is -0.116. The molecule has 1 fully saturated rings. The van der Waals surface area contributed by atoms with Crippen LogP contribution < -0.4 is 15.1 Å². The number of aromatic nitrogens is 3. The molecule has 0 atom stereocenters. The molecule has 4 aromatic rings. The number of hydrogen-bond acceptors (Lipinski definition) is 8. The van der Waals surface area contributed by atoms with Gasteiger partial charge in [0.25, 0.3) is 5.91 Å². The number of para-hydroxylation sites is 1. The van der Waals surface area contributed by atoms with Crippen LogP contribution in [0.4, 0.5) is 23.0 Å². The van der Waals surface area contributed by atoms with Crippen LogP contribution in [0.2, 0.25) is 0 Å². The number of likely N-dealkylation sites (N-methyl/N-ethyl adjacent to an activating group) is 1. The first-order valence-corrected chi connectivity index (χ1v) is 14.1. The summed E-state index contributed by atoms with van der Waals surface area (Å²) in [4.78, 5) is 53.5. The Morgan fingerprint density at radius 1 is 1.02 bits per heavy atom. The molecule has 0 unspecified atom stereocenters. The van der Waals surface area contributed by atoms with Gasteiger partial charge in [0.15, 0.2) is 0 Å². The predicted octanol–water partition coefficient (Wildman–Crippen LogP) is 4.61. The Kier molecular flexibility index (Phi) is 7.06. The molecule has 11 heteroatoms. The molecular formula is C30H29N7O3S. The molecule has 208 valence electrons. The van der Waals surface area contributed by atoms with Crippen molar-refractivity contribution in [1.82, 2.24) is 19.4 Å². The van der Waals surface area contributed by atoms with E-state index in [2.05, 4.69) is 32.1 Å². The van der Waals surface area contributed by atoms with Gasteiger partial charge in [0.2, 0.25) is 17.8 Å². The fourth-order valence-electron chi connectivity index (χ4n) is 5.10. The number of anilines is 4. The first-order valence-electron chi connectivity index (χ1n) is 13.3. The Morgan fingerprint density at radius 3 is 2.46 bits per heavy atom. The molecule has 10 nitrogen and oxygen atoms in total. The van der Waals surface area contributed by atoms with Gasteiger partial charge in [0.1, 0.15) is 5.03 Å². The van der Waals surface area contributed by atoms with Gasteiger partial charge in [-0.15, -0.1) is 0 Å². The van der Waals surface area contributed by atoms with Crippen molar-refractivity contribution in [2.24, 2.45) is 0 Å². The van der Waals surface area contributed by atoms with E-state index in [0.717, 1.165) is 48.3 Å². The molecule has 0 bridgehead atoms. The van der Waals surface area contributed by atoms with Crippen LogP contribution in [-0.2, 0) is 9.59 Å². The van der Waals surface area contributed by atoms with Crippen LogP contribution >= 0.6 is 11.8 Å². The van der Waals surface area contributed by atoms with Crippen LogP contribution in [0.3, 0.4) is 0 Å². The van der Waals surface area contributed by atoms with Crippen molar-refractivity contribution >= 4 is 69.5 Å². The van der Waals surface area contributed by atoms with Gasteiger partial charge in [-0.1, -0.05) is 30.0 Å². The number of nitrogens with zero attached hydrogens (tertiary/aromatic N) is 6. The van der Waals surface area contributed by atoms with Crippen LogP contribution in [0, 0.1) is 0 Å². The molecule has 1 saturated heterocycles. The molecule has 1 N–H and O–H groups in total. The lowest BCUT2D eigenvalue weighted by Crippen LogP contribution is -2.44. The highest BCUT2D eigenvalue weighted by Gasteiger charge is 2.26. The minimum absolute atomic E-state index is 0.116. The zero-order valence-corrected chi connectivity index (χ0v) is 23.8. The molecule has 2 aliphatic rings. The maximum absolute atomic E-state index is 13.0. The number of nitrogens with one attached hydrogen (secondary N) is 1. The second-order valence-electron chi connectivity index (χ2n) is 10.1. The maximum Gasteiger partial charge on any atom is 0.262 e. The number of benzene rings is 2. The SMILES string of the molecule is CC(=O)N(c1ccc(N2CCN(C)CC2)cc1)c1ncc2c(n1)S/C(=C/c1cn(C(C)=O)c3ccccc13)C(=O)N2. The van der Waals surface area contributed by atoms with Crippen LogP contribution in [0.1, 0.15) is 24.2 Å². The summed E-state index contributed by atoms with van der Waals surface area (Å²) in [5.74, 6) is -0.411. The average Bonchev–Trinajstić information content (AvgIpc) is 3.33. The lowest BCUT2D eigenvalue weighted by atomic mass is 10.1. The predicted molar refractivity (Wildman–Crippen MR) is 162 cm³/mol. The molecule has 2 aromatic heterocycles. The fraction of sp³-hybridized carbons (Fsp3) is 0.233. The van der Waals surface area contributed by atoms with Gasteiger partial charge in [0, 0.05) is 62.9 Å². The van der Waals surface area contributed by atoms with E-state index >= 15 is 0 Å². The van der Waals surface area contributed by atoms with E-state index in [4.69, 9.17) is 0 Å². The van der Waals surface area contributed by atoms with Crippen LogP contribution in [0.5, 0.6) is 0 Å². The number of thioether (sulfide) groups is 1. The number of hydrogen-bond donors (Lipinski definition) is 1. The van der Waals surface area contributed by atoms with Gasteiger partial charge >= 0.3 is 0 Å². The maximum atomic E-state index is 13.0. The van der Waals surface area contributed by atoms with E-state index in [1.54, 1.807) is 16.8 Å². The van der Waals surface area contributed by atoms with Crippen LogP contribution in [0.25, 0.3) is 17.0 Å². The number of amides is 2. The molecule has 0 saturated carbocycles. The number of carbonyl (C=O) groups is 3. The van der Waals surface area contributed by atoms with Crippen LogP contribution in [0.15, 0.2) is 70.9 Å². The molecule has 6 rings (SSSR count). The van der Waals surface area contributed by atoms with Gasteiger partial charge in [-0.3, -0.25) is 19.0 Å². The van der Waals surface area contributed by atoms with E-state index < -0.39 is 0 Å². The zero-order chi connectivity index (χ0) is 28.7. The number of carbonyl (C=O) groups excluding carboxylic acids is 3. The fourth-order valence-corrected chi connectivity index (χ4v) is 5.98.